The lowest BCUT2D eigenvalue weighted by molar-refractivity contribution is 0.131. The molecule has 8 rings (SSSR count). The van der Waals surface area contributed by atoms with Crippen molar-refractivity contribution in [2.75, 3.05) is 0 Å². The molecule has 0 aromatic heterocycles. The second-order valence-corrected chi connectivity index (χ2v) is 7.56. The number of ether oxygens (including phenoxy) is 2. The predicted molar refractivity (Wildman–Crippen MR) is 122 cm³/mol. The fraction of sp³-hybridized carbons (Fsp3) is 0.185. The Morgan fingerprint density at radius 2 is 0.759 bits per heavy atom. The van der Waals surface area contributed by atoms with Crippen molar-refractivity contribution in [1.82, 2.24) is 0 Å². The van der Waals surface area contributed by atoms with Gasteiger partial charge in [0.1, 0.15) is 11.5 Å². The first-order valence-electron chi connectivity index (χ1n) is 10.1. The molecule has 0 N–H and O–H groups in total. The van der Waals surface area contributed by atoms with Crippen LogP contribution in [0.3, 0.4) is 0 Å². The summed E-state index contributed by atoms with van der Waals surface area (Å²) < 4.78 is 12.1. The van der Waals surface area contributed by atoms with Gasteiger partial charge in [-0.3, -0.25) is 0 Å². The Labute approximate surface area is 173 Å². The minimum absolute atomic E-state index is 0.0704. The quantitative estimate of drug-likeness (QED) is 0.418. The van der Waals surface area contributed by atoms with Crippen molar-refractivity contribution in [3.05, 3.63) is 95.1 Å². The smallest absolute Gasteiger partial charge is 0.119 e. The van der Waals surface area contributed by atoms with Crippen LogP contribution in [0.2, 0.25) is 0 Å². The van der Waals surface area contributed by atoms with Crippen LogP contribution in [0.1, 0.15) is 42.5 Å². The maximum absolute atomic E-state index is 6.07. The first-order valence-corrected chi connectivity index (χ1v) is 10.1. The Morgan fingerprint density at radius 1 is 0.483 bits per heavy atom. The van der Waals surface area contributed by atoms with Crippen LogP contribution in [0.15, 0.2) is 72.8 Å². The Kier molecular flexibility index (Phi) is 5.81. The van der Waals surface area contributed by atoms with Crippen molar-refractivity contribution in [2.45, 2.75) is 32.5 Å². The summed E-state index contributed by atoms with van der Waals surface area (Å²) in [7, 11) is 0. The molecule has 5 heterocycles. The van der Waals surface area contributed by atoms with E-state index in [1.165, 1.54) is 11.1 Å². The largest absolute Gasteiger partial charge is 0.491 e. The van der Waals surface area contributed by atoms with Gasteiger partial charge in [-0.2, -0.15) is 0 Å². The molecule has 146 valence electrons. The second kappa shape index (κ2) is 8.83. The van der Waals surface area contributed by atoms with E-state index in [2.05, 4.69) is 86.7 Å². The Hall–Kier alpha value is -3.26. The molecule has 3 aromatic rings. The zero-order valence-corrected chi connectivity index (χ0v) is 16.9. The summed E-state index contributed by atoms with van der Waals surface area (Å²) in [6, 6.07) is 25.0. The molecule has 2 heteroatoms. The standard InChI is InChI=1S/C27H26O2/c1-20-19-21(2)29-27-17-13-25(14-18-27)10-8-23-5-3-22(4-6-23)7-9-24-11-15-26(28-20)16-12-24/h3-18,20-21H,19H2,1-2H3/b9-7-,10-8-/t20-,21?/m0/s1. The first kappa shape index (κ1) is 19.1. The van der Waals surface area contributed by atoms with Gasteiger partial charge in [0.05, 0.1) is 12.2 Å². The molecule has 29 heavy (non-hydrogen) atoms. The molecule has 5 aliphatic rings. The Morgan fingerprint density at radius 3 is 1.07 bits per heavy atom. The normalized spacial score (nSPS) is 21.0. The van der Waals surface area contributed by atoms with Crippen molar-refractivity contribution in [1.29, 1.82) is 0 Å². The SMILES string of the molecule is CC1C[C@H](C)Oc2ccc(cc2)/C=C\c2ccc(cc2)/C=C\c2ccc(cc2)O1. The first-order chi connectivity index (χ1) is 14.1. The average Bonchev–Trinajstić information content (AvgIpc) is 2.73. The summed E-state index contributed by atoms with van der Waals surface area (Å²) in [5, 5.41) is 0. The number of hydrogen-bond acceptors (Lipinski definition) is 2. The molecule has 0 aliphatic carbocycles. The molecule has 0 saturated heterocycles. The summed E-state index contributed by atoms with van der Waals surface area (Å²) in [6.45, 7) is 4.17. The molecule has 0 amide bonds. The fourth-order valence-corrected chi connectivity index (χ4v) is 3.45. The third-order valence-corrected chi connectivity index (χ3v) is 4.97. The summed E-state index contributed by atoms with van der Waals surface area (Å²) >= 11 is 0. The maximum Gasteiger partial charge on any atom is 0.119 e. The van der Waals surface area contributed by atoms with Gasteiger partial charge in [0.15, 0.2) is 0 Å². The van der Waals surface area contributed by atoms with Crippen molar-refractivity contribution in [3.63, 3.8) is 0 Å². The molecule has 3 aromatic carbocycles. The number of rotatable bonds is 0. The van der Waals surface area contributed by atoms with Crippen molar-refractivity contribution in [3.8, 4) is 11.5 Å². The molecule has 0 saturated carbocycles. The van der Waals surface area contributed by atoms with Crippen LogP contribution < -0.4 is 9.47 Å². The van der Waals surface area contributed by atoms with Crippen LogP contribution in [0.25, 0.3) is 24.3 Å². The van der Waals surface area contributed by atoms with Crippen molar-refractivity contribution >= 4 is 24.3 Å². The average molecular weight is 383 g/mol. The van der Waals surface area contributed by atoms with Crippen LogP contribution in [0.5, 0.6) is 11.5 Å². The summed E-state index contributed by atoms with van der Waals surface area (Å²) in [5.74, 6) is 1.76. The van der Waals surface area contributed by atoms with E-state index in [1.54, 1.807) is 0 Å². The Bertz CT molecular complexity index is 898. The van der Waals surface area contributed by atoms with Crippen molar-refractivity contribution < 1.29 is 9.47 Å². The van der Waals surface area contributed by atoms with Gasteiger partial charge in [0.25, 0.3) is 0 Å². The topological polar surface area (TPSA) is 18.5 Å². The van der Waals surface area contributed by atoms with E-state index >= 15 is 0 Å². The van der Waals surface area contributed by atoms with Crippen LogP contribution in [-0.4, -0.2) is 12.2 Å². The lowest BCUT2D eigenvalue weighted by atomic mass is 10.1. The van der Waals surface area contributed by atoms with Crippen LogP contribution in [0.4, 0.5) is 0 Å². The highest BCUT2D eigenvalue weighted by molar-refractivity contribution is 5.73. The van der Waals surface area contributed by atoms with Gasteiger partial charge in [0.2, 0.25) is 0 Å². The van der Waals surface area contributed by atoms with Crippen LogP contribution >= 0.6 is 0 Å². The third kappa shape index (κ3) is 5.39. The fourth-order valence-electron chi connectivity index (χ4n) is 3.45. The zero-order valence-electron chi connectivity index (χ0n) is 16.9. The van der Waals surface area contributed by atoms with E-state index in [-0.39, 0.29) is 12.2 Å². The summed E-state index contributed by atoms with van der Waals surface area (Å²) in [6.07, 6.45) is 9.47. The lowest BCUT2D eigenvalue weighted by Crippen LogP contribution is -2.22. The lowest BCUT2D eigenvalue weighted by Gasteiger charge is -2.20. The van der Waals surface area contributed by atoms with Gasteiger partial charge in [0, 0.05) is 6.42 Å². The van der Waals surface area contributed by atoms with Crippen LogP contribution in [0, 0.1) is 0 Å². The number of hydrogen-bond donors (Lipinski definition) is 0. The van der Waals surface area contributed by atoms with E-state index in [0.717, 1.165) is 29.0 Å². The third-order valence-electron chi connectivity index (χ3n) is 4.97. The zero-order chi connectivity index (χ0) is 20.1. The molecule has 1 unspecified atom stereocenters. The van der Waals surface area contributed by atoms with E-state index in [1.807, 2.05) is 24.3 Å². The van der Waals surface area contributed by atoms with E-state index < -0.39 is 0 Å². The second-order valence-electron chi connectivity index (χ2n) is 7.56. The molecule has 2 nitrogen and oxygen atoms in total. The van der Waals surface area contributed by atoms with Gasteiger partial charge in [-0.15, -0.1) is 0 Å². The summed E-state index contributed by atoms with van der Waals surface area (Å²) in [5.41, 5.74) is 4.66. The highest BCUT2D eigenvalue weighted by atomic mass is 16.5. The van der Waals surface area contributed by atoms with Gasteiger partial charge < -0.3 is 9.47 Å². The molecule has 5 aliphatic heterocycles. The van der Waals surface area contributed by atoms with Gasteiger partial charge in [-0.1, -0.05) is 72.8 Å². The van der Waals surface area contributed by atoms with E-state index in [9.17, 15) is 0 Å². The number of benzene rings is 3. The molecule has 0 spiro atoms. The molecular weight excluding hydrogens is 356 g/mol. The maximum atomic E-state index is 6.07. The predicted octanol–water partition coefficient (Wildman–Crippen LogP) is 6.97. The monoisotopic (exact) mass is 382 g/mol. The molecule has 0 radical (unpaired) electrons. The highest BCUT2D eigenvalue weighted by Crippen LogP contribution is 2.21. The minimum atomic E-state index is 0.0704. The van der Waals surface area contributed by atoms with Crippen molar-refractivity contribution in [2.24, 2.45) is 0 Å². The number of fused-ring (bicyclic) bond motifs is 1. The van der Waals surface area contributed by atoms with Gasteiger partial charge in [-0.25, -0.2) is 0 Å². The van der Waals surface area contributed by atoms with E-state index in [4.69, 9.17) is 9.47 Å². The summed E-state index contributed by atoms with van der Waals surface area (Å²) in [4.78, 5) is 0. The minimum Gasteiger partial charge on any atom is -0.491 e. The molecular formula is C27H26O2. The van der Waals surface area contributed by atoms with Gasteiger partial charge >= 0.3 is 0 Å². The Balaban J connectivity index is 1.62. The highest BCUT2D eigenvalue weighted by Gasteiger charge is 2.12. The molecule has 6 bridgehead atoms. The van der Waals surface area contributed by atoms with E-state index in [0.29, 0.717) is 0 Å². The van der Waals surface area contributed by atoms with Crippen LogP contribution in [-0.2, 0) is 0 Å². The molecule has 2 atom stereocenters. The molecule has 0 fully saturated rings. The van der Waals surface area contributed by atoms with Gasteiger partial charge in [-0.05, 0) is 60.4 Å².